The number of nitrogens with zero attached hydrogens (tertiary/aromatic N) is 4. The number of hydrogen-bond acceptors (Lipinski definition) is 3. The highest BCUT2D eigenvalue weighted by Gasteiger charge is 2.22. The van der Waals surface area contributed by atoms with E-state index >= 15 is 0 Å². The Balaban J connectivity index is 1.78. The van der Waals surface area contributed by atoms with Gasteiger partial charge in [0, 0.05) is 37.9 Å². The summed E-state index contributed by atoms with van der Waals surface area (Å²) in [5, 5.41) is 4.45. The lowest BCUT2D eigenvalue weighted by Gasteiger charge is -2.25. The van der Waals surface area contributed by atoms with E-state index in [1.165, 1.54) is 6.42 Å². The average molecular weight is 413 g/mol. The minimum absolute atomic E-state index is 0.0123. The number of carbonyl (C=O) groups is 2. The van der Waals surface area contributed by atoms with Crippen molar-refractivity contribution < 1.29 is 9.59 Å². The van der Waals surface area contributed by atoms with Crippen LogP contribution >= 0.6 is 0 Å². The van der Waals surface area contributed by atoms with E-state index in [9.17, 15) is 9.59 Å². The van der Waals surface area contributed by atoms with Crippen molar-refractivity contribution >= 4 is 17.3 Å². The van der Waals surface area contributed by atoms with Crippen LogP contribution in [0.15, 0.2) is 24.4 Å². The fourth-order valence-corrected chi connectivity index (χ4v) is 3.82. The molecule has 30 heavy (non-hydrogen) atoms. The van der Waals surface area contributed by atoms with E-state index in [1.807, 2.05) is 21.9 Å². The molecule has 0 radical (unpaired) electrons. The quantitative estimate of drug-likeness (QED) is 0.642. The Bertz CT molecular complexity index is 853. The second-order valence-corrected chi connectivity index (χ2v) is 9.32. The Labute approximate surface area is 180 Å². The van der Waals surface area contributed by atoms with Crippen molar-refractivity contribution in [3.63, 3.8) is 0 Å². The summed E-state index contributed by atoms with van der Waals surface area (Å²) in [6, 6.07) is 5.48. The summed E-state index contributed by atoms with van der Waals surface area (Å²) in [4.78, 5) is 29.9. The standard InChI is InChI=1S/C24H36N4O2/c1-18(2)8-13-27(14-9-19(3)4)23(29)20-10-15-28-21(16-20)17-22(25-28)24(30)26-11-6-5-7-12-26/h10,15-19H,5-9,11-14H2,1-4H3. The van der Waals surface area contributed by atoms with Gasteiger partial charge < -0.3 is 9.80 Å². The van der Waals surface area contributed by atoms with Gasteiger partial charge in [-0.25, -0.2) is 4.52 Å². The molecule has 0 aromatic carbocycles. The van der Waals surface area contributed by atoms with Gasteiger partial charge in [0.05, 0.1) is 5.52 Å². The molecule has 2 aromatic heterocycles. The van der Waals surface area contributed by atoms with Crippen molar-refractivity contribution in [2.24, 2.45) is 11.8 Å². The summed E-state index contributed by atoms with van der Waals surface area (Å²) < 4.78 is 1.69. The van der Waals surface area contributed by atoms with Gasteiger partial charge >= 0.3 is 0 Å². The molecule has 2 aromatic rings. The number of likely N-dealkylation sites (tertiary alicyclic amines) is 1. The first-order chi connectivity index (χ1) is 14.3. The summed E-state index contributed by atoms with van der Waals surface area (Å²) in [6.07, 6.45) is 7.07. The SMILES string of the molecule is CC(C)CCN(CCC(C)C)C(=O)c1ccn2nc(C(=O)N3CCCCC3)cc2c1. The summed E-state index contributed by atoms with van der Waals surface area (Å²) in [5.74, 6) is 1.16. The van der Waals surface area contributed by atoms with E-state index in [0.717, 1.165) is 57.4 Å². The maximum Gasteiger partial charge on any atom is 0.274 e. The molecule has 1 aliphatic rings. The van der Waals surface area contributed by atoms with Crippen molar-refractivity contribution in [1.29, 1.82) is 0 Å². The largest absolute Gasteiger partial charge is 0.339 e. The summed E-state index contributed by atoms with van der Waals surface area (Å²) in [5.41, 5.74) is 1.90. The monoisotopic (exact) mass is 412 g/mol. The normalized spacial score (nSPS) is 14.7. The molecule has 6 nitrogen and oxygen atoms in total. The molecule has 0 unspecified atom stereocenters. The molecule has 0 saturated carbocycles. The van der Waals surface area contributed by atoms with Gasteiger partial charge in [-0.15, -0.1) is 0 Å². The summed E-state index contributed by atoms with van der Waals surface area (Å²) in [7, 11) is 0. The van der Waals surface area contributed by atoms with Gasteiger partial charge in [-0.05, 0) is 62.1 Å². The number of hydrogen-bond donors (Lipinski definition) is 0. The zero-order valence-corrected chi connectivity index (χ0v) is 18.9. The highest BCUT2D eigenvalue weighted by Crippen LogP contribution is 2.17. The van der Waals surface area contributed by atoms with Crippen LogP contribution in [-0.4, -0.2) is 57.4 Å². The van der Waals surface area contributed by atoms with Gasteiger partial charge in [-0.2, -0.15) is 5.10 Å². The molecule has 3 rings (SSSR count). The predicted octanol–water partition coefficient (Wildman–Crippen LogP) is 4.49. The molecule has 3 heterocycles. The number of pyridine rings is 1. The number of piperidine rings is 1. The van der Waals surface area contributed by atoms with Crippen LogP contribution < -0.4 is 0 Å². The number of amides is 2. The third kappa shape index (κ3) is 5.61. The first-order valence-corrected chi connectivity index (χ1v) is 11.4. The van der Waals surface area contributed by atoms with E-state index in [4.69, 9.17) is 0 Å². The summed E-state index contributed by atoms with van der Waals surface area (Å²) in [6.45, 7) is 11.9. The topological polar surface area (TPSA) is 57.9 Å². The lowest BCUT2D eigenvalue weighted by molar-refractivity contribution is 0.0715. The lowest BCUT2D eigenvalue weighted by atomic mass is 10.1. The van der Waals surface area contributed by atoms with Crippen molar-refractivity contribution in [2.75, 3.05) is 26.2 Å². The second-order valence-electron chi connectivity index (χ2n) is 9.32. The van der Waals surface area contributed by atoms with Gasteiger partial charge in [0.25, 0.3) is 11.8 Å². The molecule has 0 bridgehead atoms. The Hall–Kier alpha value is -2.37. The highest BCUT2D eigenvalue weighted by atomic mass is 16.2. The van der Waals surface area contributed by atoms with E-state index < -0.39 is 0 Å². The third-order valence-corrected chi connectivity index (χ3v) is 5.81. The maximum atomic E-state index is 13.2. The molecule has 0 atom stereocenters. The second kappa shape index (κ2) is 10.1. The number of rotatable bonds is 8. The zero-order chi connectivity index (χ0) is 21.7. The Morgan fingerprint density at radius 1 is 1.00 bits per heavy atom. The van der Waals surface area contributed by atoms with Crippen LogP contribution in [0.25, 0.3) is 5.52 Å². The van der Waals surface area contributed by atoms with Crippen LogP contribution in [0.5, 0.6) is 0 Å². The molecule has 2 amide bonds. The molecule has 1 saturated heterocycles. The van der Waals surface area contributed by atoms with Gasteiger partial charge in [0.1, 0.15) is 0 Å². The van der Waals surface area contributed by atoms with Crippen molar-refractivity contribution in [3.05, 3.63) is 35.7 Å². The van der Waals surface area contributed by atoms with E-state index in [2.05, 4.69) is 32.8 Å². The highest BCUT2D eigenvalue weighted by molar-refractivity contribution is 5.96. The van der Waals surface area contributed by atoms with Crippen molar-refractivity contribution in [3.8, 4) is 0 Å². The first kappa shape index (κ1) is 22.3. The Kier molecular flexibility index (Phi) is 7.51. The summed E-state index contributed by atoms with van der Waals surface area (Å²) >= 11 is 0. The maximum absolute atomic E-state index is 13.2. The fraction of sp³-hybridized carbons (Fsp3) is 0.625. The molecule has 0 spiro atoms. The lowest BCUT2D eigenvalue weighted by Crippen LogP contribution is -2.35. The van der Waals surface area contributed by atoms with Gasteiger partial charge in [-0.1, -0.05) is 27.7 Å². The molecule has 1 fully saturated rings. The fourth-order valence-electron chi connectivity index (χ4n) is 3.82. The number of fused-ring (bicyclic) bond motifs is 1. The van der Waals surface area contributed by atoms with Gasteiger partial charge in [0.2, 0.25) is 0 Å². The third-order valence-electron chi connectivity index (χ3n) is 5.81. The number of aromatic nitrogens is 2. The van der Waals surface area contributed by atoms with Crippen LogP contribution in [0.2, 0.25) is 0 Å². The smallest absolute Gasteiger partial charge is 0.274 e. The minimum atomic E-state index is -0.0123. The molecule has 164 valence electrons. The molecular weight excluding hydrogens is 376 g/mol. The molecule has 1 aliphatic heterocycles. The van der Waals surface area contributed by atoms with Crippen molar-refractivity contribution in [1.82, 2.24) is 19.4 Å². The Morgan fingerprint density at radius 2 is 1.63 bits per heavy atom. The van der Waals surface area contributed by atoms with E-state index in [1.54, 1.807) is 16.8 Å². The van der Waals surface area contributed by atoms with Crippen LogP contribution in [0, 0.1) is 11.8 Å². The Morgan fingerprint density at radius 3 is 2.23 bits per heavy atom. The van der Waals surface area contributed by atoms with Crippen LogP contribution in [-0.2, 0) is 0 Å². The van der Waals surface area contributed by atoms with Gasteiger partial charge in [0.15, 0.2) is 5.69 Å². The number of carbonyl (C=O) groups excluding carboxylic acids is 2. The van der Waals surface area contributed by atoms with Crippen LogP contribution in [0.4, 0.5) is 0 Å². The first-order valence-electron chi connectivity index (χ1n) is 11.4. The van der Waals surface area contributed by atoms with Crippen LogP contribution in [0.1, 0.15) is 80.6 Å². The molecule has 0 N–H and O–H groups in total. The average Bonchev–Trinajstić information content (AvgIpc) is 3.16. The predicted molar refractivity (Wildman–Crippen MR) is 120 cm³/mol. The molecule has 0 aliphatic carbocycles. The van der Waals surface area contributed by atoms with E-state index in [-0.39, 0.29) is 11.8 Å². The molecular formula is C24H36N4O2. The van der Waals surface area contributed by atoms with Gasteiger partial charge in [-0.3, -0.25) is 9.59 Å². The minimum Gasteiger partial charge on any atom is -0.339 e. The zero-order valence-electron chi connectivity index (χ0n) is 18.9. The van der Waals surface area contributed by atoms with Crippen molar-refractivity contribution in [2.45, 2.75) is 59.8 Å². The molecule has 6 heteroatoms. The van der Waals surface area contributed by atoms with Crippen LogP contribution in [0.3, 0.4) is 0 Å². The van der Waals surface area contributed by atoms with E-state index in [0.29, 0.717) is 23.1 Å².